The molecule has 1 fully saturated rings. The fraction of sp³-hybridized carbons (Fsp3) is 0.724. The van der Waals surface area contributed by atoms with E-state index in [0.717, 1.165) is 0 Å². The number of halogens is 1. The van der Waals surface area contributed by atoms with Crippen LogP contribution in [0.25, 0.3) is 0 Å². The smallest absolute Gasteiger partial charge is 0.223 e. The number of hydrogen-bond donors (Lipinski definition) is 2. The third kappa shape index (κ3) is 9.29. The highest BCUT2D eigenvalue weighted by atomic mass is 19.1. The summed E-state index contributed by atoms with van der Waals surface area (Å²) in [6.45, 7) is 10.5. The van der Waals surface area contributed by atoms with E-state index in [-0.39, 0.29) is 55.1 Å². The van der Waals surface area contributed by atoms with Crippen LogP contribution < -0.4 is 0 Å². The molecule has 38 heavy (non-hydrogen) atoms. The predicted molar refractivity (Wildman–Crippen MR) is 144 cm³/mol. The Kier molecular flexibility index (Phi) is 13.1. The Hall–Kier alpha value is -2.07. The number of rotatable bonds is 5. The van der Waals surface area contributed by atoms with Crippen LogP contribution in [0.4, 0.5) is 4.39 Å². The Balaban J connectivity index is 2.62. The number of methoxy groups -OCH3 is 1. The van der Waals surface area contributed by atoms with Gasteiger partial charge in [0.25, 0.3) is 0 Å². The van der Waals surface area contributed by atoms with Gasteiger partial charge in [0.2, 0.25) is 11.8 Å². The summed E-state index contributed by atoms with van der Waals surface area (Å²) in [5, 5.41) is 21.2. The van der Waals surface area contributed by atoms with E-state index in [1.807, 2.05) is 38.7 Å². The van der Waals surface area contributed by atoms with Gasteiger partial charge in [0, 0.05) is 52.6 Å². The SMILES string of the molecule is CO[C@@H]1CN(C(C)=O)C[C@H](C(C)C)[C@@H](c2cccc(F)c2)N(C(=O)CC(C)C)CCCCOC[C@@H](O)[C@H]1O. The number of carbonyl (C=O) groups excluding carboxylic acids is 2. The molecule has 1 aliphatic heterocycles. The minimum Gasteiger partial charge on any atom is -0.388 e. The molecule has 0 aromatic heterocycles. The van der Waals surface area contributed by atoms with E-state index in [9.17, 15) is 24.2 Å². The molecule has 1 aliphatic rings. The van der Waals surface area contributed by atoms with Crippen molar-refractivity contribution in [2.45, 2.75) is 78.2 Å². The quantitative estimate of drug-likeness (QED) is 0.596. The average Bonchev–Trinajstić information content (AvgIpc) is 2.84. The number of ether oxygens (including phenoxy) is 2. The molecular formula is C29H47FN2O6. The Morgan fingerprint density at radius 1 is 1.16 bits per heavy atom. The summed E-state index contributed by atoms with van der Waals surface area (Å²) in [6.07, 6.45) is -1.63. The molecule has 2 N–H and O–H groups in total. The van der Waals surface area contributed by atoms with E-state index < -0.39 is 24.4 Å². The monoisotopic (exact) mass is 538 g/mol. The van der Waals surface area contributed by atoms with Crippen LogP contribution in [0, 0.1) is 23.6 Å². The van der Waals surface area contributed by atoms with Crippen LogP contribution in [0.15, 0.2) is 24.3 Å². The summed E-state index contributed by atoms with van der Waals surface area (Å²) < 4.78 is 25.6. The summed E-state index contributed by atoms with van der Waals surface area (Å²) in [5.41, 5.74) is 0.684. The third-order valence-corrected chi connectivity index (χ3v) is 7.27. The molecule has 9 heteroatoms. The van der Waals surface area contributed by atoms with Crippen molar-refractivity contribution in [2.24, 2.45) is 17.8 Å². The van der Waals surface area contributed by atoms with Gasteiger partial charge in [-0.15, -0.1) is 0 Å². The highest BCUT2D eigenvalue weighted by Gasteiger charge is 2.37. The first-order valence-corrected chi connectivity index (χ1v) is 13.7. The van der Waals surface area contributed by atoms with Crippen molar-refractivity contribution in [3.8, 4) is 0 Å². The topological polar surface area (TPSA) is 99.5 Å². The third-order valence-electron chi connectivity index (χ3n) is 7.27. The molecule has 5 atom stereocenters. The number of amides is 2. The first kappa shape index (κ1) is 32.1. The van der Waals surface area contributed by atoms with Crippen LogP contribution in [0.2, 0.25) is 0 Å². The second-order valence-electron chi connectivity index (χ2n) is 11.1. The van der Waals surface area contributed by atoms with E-state index in [2.05, 4.69) is 0 Å². The molecule has 0 spiro atoms. The van der Waals surface area contributed by atoms with Gasteiger partial charge < -0.3 is 29.5 Å². The lowest BCUT2D eigenvalue weighted by Crippen LogP contribution is -2.51. The zero-order valence-electron chi connectivity index (χ0n) is 23.8. The van der Waals surface area contributed by atoms with Crippen LogP contribution in [0.5, 0.6) is 0 Å². The number of benzene rings is 1. The Bertz CT molecular complexity index is 882. The molecule has 216 valence electrons. The molecule has 8 nitrogen and oxygen atoms in total. The molecular weight excluding hydrogens is 491 g/mol. The Labute approximate surface area is 227 Å². The summed E-state index contributed by atoms with van der Waals surface area (Å²) in [5.74, 6) is -0.691. The minimum atomic E-state index is -1.26. The van der Waals surface area contributed by atoms with Crippen LogP contribution in [-0.2, 0) is 19.1 Å². The lowest BCUT2D eigenvalue weighted by molar-refractivity contribution is -0.139. The number of aliphatic hydroxyl groups excluding tert-OH is 2. The molecule has 1 aromatic carbocycles. The molecule has 0 unspecified atom stereocenters. The standard InChI is InChI=1S/C29H47FN2O6/c1-19(2)14-27(35)32-12-7-8-13-38-18-25(34)29(36)26(37-6)17-31(21(5)33)16-24(20(3)4)28(32)22-10-9-11-23(30)15-22/h9-11,15,19-20,24-26,28-29,34,36H,7-8,12-14,16-18H2,1-6H3/t24-,25-,26-,28-,29-/m1/s1. The summed E-state index contributed by atoms with van der Waals surface area (Å²) in [6, 6.07) is 5.88. The second-order valence-corrected chi connectivity index (χ2v) is 11.1. The van der Waals surface area contributed by atoms with Gasteiger partial charge in [-0.2, -0.15) is 0 Å². The first-order valence-electron chi connectivity index (χ1n) is 13.7. The van der Waals surface area contributed by atoms with Crippen LogP contribution in [0.1, 0.15) is 65.5 Å². The van der Waals surface area contributed by atoms with E-state index in [1.165, 1.54) is 26.2 Å². The van der Waals surface area contributed by atoms with E-state index in [0.29, 0.717) is 38.0 Å². The van der Waals surface area contributed by atoms with Gasteiger partial charge in [0.1, 0.15) is 24.1 Å². The van der Waals surface area contributed by atoms with E-state index in [1.54, 1.807) is 11.0 Å². The van der Waals surface area contributed by atoms with Gasteiger partial charge in [-0.1, -0.05) is 39.8 Å². The van der Waals surface area contributed by atoms with Crippen molar-refractivity contribution in [3.05, 3.63) is 35.6 Å². The fourth-order valence-corrected chi connectivity index (χ4v) is 5.07. The predicted octanol–water partition coefficient (Wildman–Crippen LogP) is 3.41. The first-order chi connectivity index (χ1) is 18.0. The maximum absolute atomic E-state index is 14.5. The summed E-state index contributed by atoms with van der Waals surface area (Å²) in [4.78, 5) is 30.0. The zero-order valence-corrected chi connectivity index (χ0v) is 23.8. The highest BCUT2D eigenvalue weighted by Crippen LogP contribution is 2.36. The molecule has 1 heterocycles. The fourth-order valence-electron chi connectivity index (χ4n) is 5.07. The largest absolute Gasteiger partial charge is 0.388 e. The van der Waals surface area contributed by atoms with E-state index >= 15 is 0 Å². The number of carbonyl (C=O) groups is 2. The van der Waals surface area contributed by atoms with Crippen molar-refractivity contribution in [1.29, 1.82) is 0 Å². The molecule has 1 saturated heterocycles. The normalized spacial score (nSPS) is 26.8. The highest BCUT2D eigenvalue weighted by molar-refractivity contribution is 5.77. The summed E-state index contributed by atoms with van der Waals surface area (Å²) in [7, 11) is 1.43. The lowest BCUT2D eigenvalue weighted by Gasteiger charge is -2.42. The lowest BCUT2D eigenvalue weighted by atomic mass is 9.82. The summed E-state index contributed by atoms with van der Waals surface area (Å²) >= 11 is 0. The van der Waals surface area contributed by atoms with E-state index in [4.69, 9.17) is 9.47 Å². The maximum atomic E-state index is 14.5. The van der Waals surface area contributed by atoms with Crippen molar-refractivity contribution in [1.82, 2.24) is 9.80 Å². The Morgan fingerprint density at radius 3 is 2.45 bits per heavy atom. The van der Waals surface area contributed by atoms with Gasteiger partial charge in [-0.05, 0) is 42.4 Å². The number of nitrogens with zero attached hydrogens (tertiary/aromatic N) is 2. The van der Waals surface area contributed by atoms with Gasteiger partial charge >= 0.3 is 0 Å². The molecule has 0 radical (unpaired) electrons. The van der Waals surface area contributed by atoms with Crippen LogP contribution in [0.3, 0.4) is 0 Å². The van der Waals surface area contributed by atoms with Gasteiger partial charge in [-0.25, -0.2) is 4.39 Å². The molecule has 0 aliphatic carbocycles. The Morgan fingerprint density at radius 2 is 1.87 bits per heavy atom. The van der Waals surface area contributed by atoms with Crippen LogP contribution >= 0.6 is 0 Å². The van der Waals surface area contributed by atoms with Crippen molar-refractivity contribution in [3.63, 3.8) is 0 Å². The maximum Gasteiger partial charge on any atom is 0.223 e. The van der Waals surface area contributed by atoms with Crippen molar-refractivity contribution < 1.29 is 33.7 Å². The van der Waals surface area contributed by atoms with Crippen LogP contribution in [-0.4, -0.2) is 90.1 Å². The average molecular weight is 539 g/mol. The molecule has 0 saturated carbocycles. The van der Waals surface area contributed by atoms with Gasteiger partial charge in [-0.3, -0.25) is 9.59 Å². The number of hydrogen-bond acceptors (Lipinski definition) is 6. The van der Waals surface area contributed by atoms with Crippen molar-refractivity contribution in [2.75, 3.05) is 40.0 Å². The van der Waals surface area contributed by atoms with Gasteiger partial charge in [0.15, 0.2) is 0 Å². The zero-order chi connectivity index (χ0) is 28.4. The molecule has 2 rings (SSSR count). The van der Waals surface area contributed by atoms with Gasteiger partial charge in [0.05, 0.1) is 12.6 Å². The second kappa shape index (κ2) is 15.5. The number of aliphatic hydroxyl groups is 2. The molecule has 1 aromatic rings. The minimum absolute atomic E-state index is 0.0138. The molecule has 2 amide bonds. The van der Waals surface area contributed by atoms with Crippen molar-refractivity contribution >= 4 is 11.8 Å². The molecule has 0 bridgehead atoms.